The molecule has 0 unspecified atom stereocenters. The molecule has 2 aromatic rings. The number of carbonyl (C=O) groups excluding carboxylic acids is 1. The molecule has 2 heterocycles. The monoisotopic (exact) mass is 316 g/mol. The highest BCUT2D eigenvalue weighted by atomic mass is 32.2. The summed E-state index contributed by atoms with van der Waals surface area (Å²) in [5, 5.41) is 9.33. The maximum Gasteiger partial charge on any atom is 0.270 e. The molecule has 1 N–H and O–H groups in total. The van der Waals surface area contributed by atoms with Gasteiger partial charge in [-0.3, -0.25) is 9.69 Å². The van der Waals surface area contributed by atoms with E-state index in [1.54, 1.807) is 12.1 Å². The number of phenolic OH excluding ortho intramolecular Hbond substituents is 1. The van der Waals surface area contributed by atoms with Crippen LogP contribution in [0.15, 0.2) is 47.5 Å². The Kier molecular flexibility index (Phi) is 3.57. The summed E-state index contributed by atoms with van der Waals surface area (Å²) < 4.78 is 2.43. The Bertz CT molecular complexity index is 747. The van der Waals surface area contributed by atoms with E-state index in [1.165, 1.54) is 28.8 Å². The van der Waals surface area contributed by atoms with Crippen molar-refractivity contribution in [3.8, 4) is 5.75 Å². The van der Waals surface area contributed by atoms with Gasteiger partial charge < -0.3 is 9.67 Å². The van der Waals surface area contributed by atoms with Crippen LogP contribution in [0.25, 0.3) is 6.08 Å². The minimum atomic E-state index is -0.142. The van der Waals surface area contributed by atoms with E-state index in [1.807, 2.05) is 36.0 Å². The van der Waals surface area contributed by atoms with E-state index in [-0.39, 0.29) is 11.7 Å². The second-order valence-electron chi connectivity index (χ2n) is 4.58. The molecule has 0 aliphatic carbocycles. The number of thioether (sulfide) groups is 1. The fourth-order valence-electron chi connectivity index (χ4n) is 2.05. The lowest BCUT2D eigenvalue weighted by Gasteiger charge is -2.14. The molecule has 0 spiro atoms. The second-order valence-corrected chi connectivity index (χ2v) is 6.25. The average molecular weight is 316 g/mol. The molecule has 0 radical (unpaired) electrons. The van der Waals surface area contributed by atoms with E-state index in [4.69, 9.17) is 12.2 Å². The van der Waals surface area contributed by atoms with Crippen molar-refractivity contribution in [1.82, 2.24) is 4.57 Å². The van der Waals surface area contributed by atoms with Gasteiger partial charge in [-0.25, -0.2) is 0 Å². The van der Waals surface area contributed by atoms with Gasteiger partial charge in [0.1, 0.15) is 5.75 Å². The zero-order chi connectivity index (χ0) is 15.0. The number of hydrogen-bond acceptors (Lipinski definition) is 4. The van der Waals surface area contributed by atoms with Gasteiger partial charge in [-0.15, -0.1) is 0 Å². The first kappa shape index (κ1) is 13.9. The van der Waals surface area contributed by atoms with Crippen LogP contribution in [0, 0.1) is 0 Å². The average Bonchev–Trinajstić information content (AvgIpc) is 2.97. The smallest absolute Gasteiger partial charge is 0.270 e. The Morgan fingerprint density at radius 2 is 1.95 bits per heavy atom. The number of aromatic hydroxyl groups is 1. The van der Waals surface area contributed by atoms with Gasteiger partial charge >= 0.3 is 0 Å². The van der Waals surface area contributed by atoms with Gasteiger partial charge in [-0.05, 0) is 42.5 Å². The molecule has 1 aliphatic rings. The molecule has 3 rings (SSSR count). The van der Waals surface area contributed by atoms with Crippen molar-refractivity contribution in [1.29, 1.82) is 0 Å². The Morgan fingerprint density at radius 1 is 1.24 bits per heavy atom. The summed E-state index contributed by atoms with van der Waals surface area (Å²) >= 11 is 6.58. The number of amides is 1. The molecule has 6 heteroatoms. The molecule has 1 aromatic heterocycles. The van der Waals surface area contributed by atoms with E-state index in [2.05, 4.69) is 0 Å². The highest BCUT2D eigenvalue weighted by molar-refractivity contribution is 8.27. The van der Waals surface area contributed by atoms with E-state index >= 15 is 0 Å². The third-order valence-electron chi connectivity index (χ3n) is 3.16. The molecule has 1 saturated heterocycles. The summed E-state index contributed by atoms with van der Waals surface area (Å²) in [6.07, 6.45) is 3.76. The summed E-state index contributed by atoms with van der Waals surface area (Å²) in [7, 11) is 1.92. The topological polar surface area (TPSA) is 45.5 Å². The van der Waals surface area contributed by atoms with E-state index in [0.717, 1.165) is 5.69 Å². The number of anilines is 1. The zero-order valence-electron chi connectivity index (χ0n) is 11.2. The molecule has 1 aromatic carbocycles. The summed E-state index contributed by atoms with van der Waals surface area (Å²) in [5.41, 5.74) is 1.60. The number of benzene rings is 1. The van der Waals surface area contributed by atoms with Gasteiger partial charge in [0.15, 0.2) is 4.32 Å². The molecule has 4 nitrogen and oxygen atoms in total. The van der Waals surface area contributed by atoms with Crippen molar-refractivity contribution in [2.75, 3.05) is 4.90 Å². The summed E-state index contributed by atoms with van der Waals surface area (Å²) in [5.74, 6) is 0.0143. The maximum absolute atomic E-state index is 12.5. The fourth-order valence-corrected chi connectivity index (χ4v) is 3.33. The molecule has 21 heavy (non-hydrogen) atoms. The van der Waals surface area contributed by atoms with E-state index < -0.39 is 0 Å². The number of nitrogens with zero attached hydrogens (tertiary/aromatic N) is 2. The predicted molar refractivity (Wildman–Crippen MR) is 89.2 cm³/mol. The largest absolute Gasteiger partial charge is 0.508 e. The van der Waals surface area contributed by atoms with Gasteiger partial charge in [-0.1, -0.05) is 24.0 Å². The number of aromatic nitrogens is 1. The first-order valence-electron chi connectivity index (χ1n) is 6.24. The third-order valence-corrected chi connectivity index (χ3v) is 4.47. The van der Waals surface area contributed by atoms with Crippen LogP contribution in [0.3, 0.4) is 0 Å². The first-order chi connectivity index (χ1) is 10.1. The molecular formula is C15H12N2O2S2. The Morgan fingerprint density at radius 3 is 2.57 bits per heavy atom. The van der Waals surface area contributed by atoms with Crippen molar-refractivity contribution in [2.24, 2.45) is 7.05 Å². The summed E-state index contributed by atoms with van der Waals surface area (Å²) in [4.78, 5) is 14.6. The first-order valence-corrected chi connectivity index (χ1v) is 7.47. The lowest BCUT2D eigenvalue weighted by Crippen LogP contribution is -2.27. The van der Waals surface area contributed by atoms with Gasteiger partial charge in [0.05, 0.1) is 10.6 Å². The van der Waals surface area contributed by atoms with Crippen LogP contribution in [-0.2, 0) is 11.8 Å². The van der Waals surface area contributed by atoms with Crippen LogP contribution >= 0.6 is 24.0 Å². The highest BCUT2D eigenvalue weighted by Gasteiger charge is 2.33. The van der Waals surface area contributed by atoms with Crippen molar-refractivity contribution in [2.45, 2.75) is 0 Å². The lowest BCUT2D eigenvalue weighted by molar-refractivity contribution is -0.113. The molecule has 0 saturated carbocycles. The molecule has 1 aliphatic heterocycles. The number of rotatable bonds is 2. The Labute approximate surface area is 131 Å². The molecule has 1 amide bonds. The molecule has 0 bridgehead atoms. The Hall–Kier alpha value is -2.05. The zero-order valence-corrected chi connectivity index (χ0v) is 12.8. The SMILES string of the molecule is Cn1cccc1/C=C1/SC(=S)N(c2ccc(O)cc2)C1=O. The van der Waals surface area contributed by atoms with E-state index in [9.17, 15) is 9.90 Å². The second kappa shape index (κ2) is 5.38. The van der Waals surface area contributed by atoms with Gasteiger partial charge in [0.2, 0.25) is 0 Å². The van der Waals surface area contributed by atoms with Crippen LogP contribution in [-0.4, -0.2) is 19.9 Å². The van der Waals surface area contributed by atoms with Gasteiger partial charge in [0, 0.05) is 18.9 Å². The molecular weight excluding hydrogens is 304 g/mol. The number of hydrogen-bond donors (Lipinski definition) is 1. The van der Waals surface area contributed by atoms with Gasteiger partial charge in [-0.2, -0.15) is 0 Å². The predicted octanol–water partition coefficient (Wildman–Crippen LogP) is 3.14. The quantitative estimate of drug-likeness (QED) is 0.683. The van der Waals surface area contributed by atoms with Crippen molar-refractivity contribution >= 4 is 46.0 Å². The number of thiocarbonyl (C=S) groups is 1. The maximum atomic E-state index is 12.5. The Balaban J connectivity index is 1.94. The third kappa shape index (κ3) is 2.59. The normalized spacial score (nSPS) is 17.0. The standard InChI is InChI=1S/C15H12N2O2S2/c1-16-8-2-3-11(16)9-13-14(19)17(15(20)21-13)10-4-6-12(18)7-5-10/h2-9,18H,1H3/b13-9+. The van der Waals surface area contributed by atoms with Crippen molar-refractivity contribution < 1.29 is 9.90 Å². The number of carbonyl (C=O) groups is 1. The lowest BCUT2D eigenvalue weighted by atomic mass is 10.2. The van der Waals surface area contributed by atoms with E-state index in [0.29, 0.717) is 14.9 Å². The van der Waals surface area contributed by atoms with Crippen LogP contribution < -0.4 is 4.90 Å². The van der Waals surface area contributed by atoms with Crippen molar-refractivity contribution in [3.05, 3.63) is 53.2 Å². The molecule has 1 fully saturated rings. The van der Waals surface area contributed by atoms with Crippen LogP contribution in [0.5, 0.6) is 5.75 Å². The number of phenols is 1. The number of aryl methyl sites for hydroxylation is 1. The van der Waals surface area contributed by atoms with Crippen molar-refractivity contribution in [3.63, 3.8) is 0 Å². The highest BCUT2D eigenvalue weighted by Crippen LogP contribution is 2.36. The fraction of sp³-hybridized carbons (Fsp3) is 0.0667. The summed E-state index contributed by atoms with van der Waals surface area (Å²) in [6.45, 7) is 0. The van der Waals surface area contributed by atoms with Crippen LogP contribution in [0.2, 0.25) is 0 Å². The summed E-state index contributed by atoms with van der Waals surface area (Å²) in [6, 6.07) is 10.3. The van der Waals surface area contributed by atoms with Crippen LogP contribution in [0.1, 0.15) is 5.69 Å². The van der Waals surface area contributed by atoms with Crippen LogP contribution in [0.4, 0.5) is 5.69 Å². The minimum Gasteiger partial charge on any atom is -0.508 e. The molecule has 0 atom stereocenters. The van der Waals surface area contributed by atoms with Gasteiger partial charge in [0.25, 0.3) is 5.91 Å². The molecule has 106 valence electrons. The minimum absolute atomic E-state index is 0.142.